The van der Waals surface area contributed by atoms with Crippen LogP contribution < -0.4 is 10.6 Å². The van der Waals surface area contributed by atoms with Crippen LogP contribution in [0.5, 0.6) is 0 Å². The predicted octanol–water partition coefficient (Wildman–Crippen LogP) is 2.50. The summed E-state index contributed by atoms with van der Waals surface area (Å²) in [5.74, 6) is -0.396. The van der Waals surface area contributed by atoms with E-state index in [1.807, 2.05) is 0 Å². The summed E-state index contributed by atoms with van der Waals surface area (Å²) in [5.41, 5.74) is 2.18. The van der Waals surface area contributed by atoms with Gasteiger partial charge < -0.3 is 10.6 Å². The van der Waals surface area contributed by atoms with Gasteiger partial charge in [0, 0.05) is 31.0 Å². The highest BCUT2D eigenvalue weighted by molar-refractivity contribution is 7.89. The molecule has 0 saturated carbocycles. The number of hydrogen-bond donors (Lipinski definition) is 2. The van der Waals surface area contributed by atoms with Crippen LogP contribution in [-0.4, -0.2) is 45.1 Å². The normalized spacial score (nSPS) is 11.3. The van der Waals surface area contributed by atoms with Gasteiger partial charge in [0.15, 0.2) is 5.78 Å². The molecule has 1 amide bonds. The van der Waals surface area contributed by atoms with E-state index in [9.17, 15) is 18.0 Å². The molecule has 0 unspecified atom stereocenters. The summed E-state index contributed by atoms with van der Waals surface area (Å²) in [6, 6.07) is 11.6. The first-order valence-electron chi connectivity index (χ1n) is 8.29. The maximum Gasteiger partial charge on any atom is 0.243 e. The minimum absolute atomic E-state index is 0.0468. The van der Waals surface area contributed by atoms with Crippen molar-refractivity contribution in [3.8, 4) is 0 Å². The van der Waals surface area contributed by atoms with Crippen molar-refractivity contribution in [1.82, 2.24) is 4.31 Å². The van der Waals surface area contributed by atoms with E-state index >= 15 is 0 Å². The van der Waals surface area contributed by atoms with Crippen LogP contribution in [0.25, 0.3) is 0 Å². The van der Waals surface area contributed by atoms with Crippen molar-refractivity contribution in [1.29, 1.82) is 0 Å². The van der Waals surface area contributed by atoms with Gasteiger partial charge in [0.2, 0.25) is 15.9 Å². The van der Waals surface area contributed by atoms with Crippen LogP contribution in [0.1, 0.15) is 22.8 Å². The third-order valence-electron chi connectivity index (χ3n) is 3.95. The van der Waals surface area contributed by atoms with Gasteiger partial charge in [0.1, 0.15) is 0 Å². The van der Waals surface area contributed by atoms with Crippen LogP contribution in [0.15, 0.2) is 47.4 Å². The third kappa shape index (κ3) is 5.15. The number of nitrogens with zero attached hydrogens (tertiary/aromatic N) is 1. The molecule has 0 aliphatic rings. The van der Waals surface area contributed by atoms with E-state index in [1.54, 1.807) is 43.3 Å². The quantitative estimate of drug-likeness (QED) is 0.710. The zero-order chi connectivity index (χ0) is 20.2. The van der Waals surface area contributed by atoms with Crippen LogP contribution in [-0.2, 0) is 14.8 Å². The number of amides is 1. The molecule has 0 aliphatic carbocycles. The number of rotatable bonds is 7. The first kappa shape index (κ1) is 20.6. The molecule has 0 aromatic heterocycles. The lowest BCUT2D eigenvalue weighted by molar-refractivity contribution is -0.114. The largest absolute Gasteiger partial charge is 0.376 e. The Kier molecular flexibility index (Phi) is 6.35. The van der Waals surface area contributed by atoms with Crippen LogP contribution in [0.2, 0.25) is 0 Å². The summed E-state index contributed by atoms with van der Waals surface area (Å²) in [4.78, 5) is 23.7. The first-order chi connectivity index (χ1) is 12.6. The number of benzene rings is 2. The summed E-state index contributed by atoms with van der Waals surface area (Å²) >= 11 is 0. The second-order valence-corrected chi connectivity index (χ2v) is 8.43. The molecule has 7 nitrogen and oxygen atoms in total. The molecule has 0 atom stereocenters. The van der Waals surface area contributed by atoms with Gasteiger partial charge in [0.05, 0.1) is 11.4 Å². The molecule has 0 aliphatic heterocycles. The molecule has 2 aromatic carbocycles. The smallest absolute Gasteiger partial charge is 0.243 e. The molecule has 0 spiro atoms. The Balaban J connectivity index is 2.07. The summed E-state index contributed by atoms with van der Waals surface area (Å²) < 4.78 is 25.9. The van der Waals surface area contributed by atoms with E-state index in [-0.39, 0.29) is 23.1 Å². The summed E-state index contributed by atoms with van der Waals surface area (Å²) in [5, 5.41) is 5.62. The Hall–Kier alpha value is -2.71. The van der Waals surface area contributed by atoms with E-state index in [0.29, 0.717) is 22.5 Å². The van der Waals surface area contributed by atoms with E-state index in [0.717, 1.165) is 4.31 Å². The average molecular weight is 389 g/mol. The number of carbonyl (C=O) groups is 2. The fourth-order valence-corrected chi connectivity index (χ4v) is 3.53. The fourth-order valence-electron chi connectivity index (χ4n) is 2.39. The van der Waals surface area contributed by atoms with Crippen molar-refractivity contribution < 1.29 is 18.0 Å². The lowest BCUT2D eigenvalue weighted by Gasteiger charge is -2.15. The molecular formula is C19H23N3O4S. The molecule has 27 heavy (non-hydrogen) atoms. The summed E-state index contributed by atoms with van der Waals surface area (Å²) in [6.07, 6.45) is 0. The Morgan fingerprint density at radius 3 is 2.37 bits per heavy atom. The van der Waals surface area contributed by atoms with Crippen molar-refractivity contribution in [3.63, 3.8) is 0 Å². The number of Topliss-reactive ketones (excluding diaryl/α,β-unsaturated/α-hetero) is 1. The van der Waals surface area contributed by atoms with Crippen LogP contribution in [0.3, 0.4) is 0 Å². The predicted molar refractivity (Wildman–Crippen MR) is 106 cm³/mol. The zero-order valence-electron chi connectivity index (χ0n) is 15.7. The Morgan fingerprint density at radius 1 is 1.04 bits per heavy atom. The second kappa shape index (κ2) is 8.32. The van der Waals surface area contributed by atoms with Crippen molar-refractivity contribution in [2.75, 3.05) is 31.3 Å². The molecule has 2 aromatic rings. The maximum absolute atomic E-state index is 12.4. The Morgan fingerprint density at radius 2 is 1.74 bits per heavy atom. The van der Waals surface area contributed by atoms with Crippen molar-refractivity contribution in [3.05, 3.63) is 53.6 Å². The molecule has 2 rings (SSSR count). The van der Waals surface area contributed by atoms with Gasteiger partial charge >= 0.3 is 0 Å². The minimum Gasteiger partial charge on any atom is -0.376 e. The van der Waals surface area contributed by atoms with Gasteiger partial charge in [-0.2, -0.15) is 0 Å². The number of aryl methyl sites for hydroxylation is 1. The highest BCUT2D eigenvalue weighted by Crippen LogP contribution is 2.22. The second-order valence-electron chi connectivity index (χ2n) is 6.31. The topological polar surface area (TPSA) is 95.6 Å². The lowest BCUT2D eigenvalue weighted by Crippen LogP contribution is -2.24. The molecule has 0 fully saturated rings. The van der Waals surface area contributed by atoms with Gasteiger partial charge in [-0.3, -0.25) is 9.59 Å². The number of carbonyl (C=O) groups excluding carboxylic acids is 2. The molecule has 0 heterocycles. The monoisotopic (exact) mass is 389 g/mol. The SMILES string of the molecule is CC(=O)c1cccc(NC(=O)CNc2ccc(C)c(S(=O)(=O)N(C)C)c2)c1. The van der Waals surface area contributed by atoms with Crippen molar-refractivity contribution >= 4 is 33.1 Å². The highest BCUT2D eigenvalue weighted by Gasteiger charge is 2.20. The van der Waals surface area contributed by atoms with E-state index in [4.69, 9.17) is 0 Å². The van der Waals surface area contributed by atoms with Gasteiger partial charge in [-0.15, -0.1) is 0 Å². The number of ketones is 1. The fraction of sp³-hybridized carbons (Fsp3) is 0.263. The van der Waals surface area contributed by atoms with E-state index in [1.165, 1.54) is 27.1 Å². The maximum atomic E-state index is 12.4. The van der Waals surface area contributed by atoms with Gasteiger partial charge in [0.25, 0.3) is 0 Å². The first-order valence-corrected chi connectivity index (χ1v) is 9.73. The van der Waals surface area contributed by atoms with Crippen LogP contribution >= 0.6 is 0 Å². The van der Waals surface area contributed by atoms with Crippen molar-refractivity contribution in [2.24, 2.45) is 0 Å². The Bertz CT molecular complexity index is 969. The molecule has 0 radical (unpaired) electrons. The summed E-state index contributed by atoms with van der Waals surface area (Å²) in [6.45, 7) is 3.13. The third-order valence-corrected chi connectivity index (χ3v) is 5.91. The number of sulfonamides is 1. The summed E-state index contributed by atoms with van der Waals surface area (Å²) in [7, 11) is -0.630. The molecule has 2 N–H and O–H groups in total. The molecule has 0 bridgehead atoms. The Labute approximate surface area is 159 Å². The van der Waals surface area contributed by atoms with Crippen molar-refractivity contribution in [2.45, 2.75) is 18.7 Å². The van der Waals surface area contributed by atoms with Gasteiger partial charge in [-0.1, -0.05) is 18.2 Å². The van der Waals surface area contributed by atoms with Gasteiger partial charge in [-0.25, -0.2) is 12.7 Å². The highest BCUT2D eigenvalue weighted by atomic mass is 32.2. The number of hydrogen-bond acceptors (Lipinski definition) is 5. The molecule has 0 saturated heterocycles. The van der Waals surface area contributed by atoms with Crippen LogP contribution in [0, 0.1) is 6.92 Å². The molecule has 144 valence electrons. The lowest BCUT2D eigenvalue weighted by atomic mass is 10.1. The zero-order valence-corrected chi connectivity index (χ0v) is 16.6. The average Bonchev–Trinajstić information content (AvgIpc) is 2.60. The minimum atomic E-state index is -3.57. The van der Waals surface area contributed by atoms with E-state index < -0.39 is 10.0 Å². The number of anilines is 2. The standard InChI is InChI=1S/C19H23N3O4S/c1-13-8-9-16(11-18(13)27(25,26)22(3)4)20-12-19(24)21-17-7-5-6-15(10-17)14(2)23/h5-11,20H,12H2,1-4H3,(H,21,24). The van der Waals surface area contributed by atoms with E-state index in [2.05, 4.69) is 10.6 Å². The van der Waals surface area contributed by atoms with Gasteiger partial charge in [-0.05, 0) is 43.7 Å². The molecule has 8 heteroatoms. The molecular weight excluding hydrogens is 366 g/mol. The van der Waals surface area contributed by atoms with Crippen LogP contribution in [0.4, 0.5) is 11.4 Å². The number of nitrogens with one attached hydrogen (secondary N) is 2.